The molecule has 17 heavy (non-hydrogen) atoms. The van der Waals surface area contributed by atoms with Crippen molar-refractivity contribution in [3.63, 3.8) is 0 Å². The number of hydrogen-bond donors (Lipinski definition) is 2. The minimum atomic E-state index is -0.110. The molecule has 0 atom stereocenters. The summed E-state index contributed by atoms with van der Waals surface area (Å²) in [5.41, 5.74) is 5.90. The first-order valence-electron chi connectivity index (χ1n) is 5.04. The van der Waals surface area contributed by atoms with Crippen molar-refractivity contribution in [1.29, 1.82) is 5.41 Å². The molecule has 0 saturated carbocycles. The largest absolute Gasteiger partial charge is 0.457 e. The van der Waals surface area contributed by atoms with Crippen LogP contribution in [0.2, 0.25) is 5.02 Å². The number of rotatable bonds is 3. The first-order chi connectivity index (χ1) is 8.18. The molecule has 0 bridgehead atoms. The molecule has 0 spiro atoms. The second kappa shape index (κ2) is 4.89. The molecule has 2 aromatic carbocycles. The summed E-state index contributed by atoms with van der Waals surface area (Å²) < 4.78 is 5.65. The van der Waals surface area contributed by atoms with Gasteiger partial charge in [-0.25, -0.2) is 0 Å². The van der Waals surface area contributed by atoms with Crippen molar-refractivity contribution in [3.05, 3.63) is 59.1 Å². The zero-order valence-corrected chi connectivity index (χ0v) is 9.74. The maximum Gasteiger partial charge on any atom is 0.139 e. The molecule has 2 rings (SSSR count). The van der Waals surface area contributed by atoms with E-state index < -0.39 is 0 Å². The molecule has 2 aromatic rings. The van der Waals surface area contributed by atoms with E-state index in [-0.39, 0.29) is 5.84 Å². The first-order valence-corrected chi connectivity index (χ1v) is 5.42. The lowest BCUT2D eigenvalue weighted by molar-refractivity contribution is 0.481. The Labute approximate surface area is 104 Å². The van der Waals surface area contributed by atoms with Crippen molar-refractivity contribution in [3.8, 4) is 11.5 Å². The molecule has 0 unspecified atom stereocenters. The predicted octanol–water partition coefficient (Wildman–Crippen LogP) is 3.42. The van der Waals surface area contributed by atoms with Crippen molar-refractivity contribution in [2.24, 2.45) is 5.73 Å². The van der Waals surface area contributed by atoms with E-state index >= 15 is 0 Å². The van der Waals surface area contributed by atoms with Crippen LogP contribution in [0.4, 0.5) is 0 Å². The van der Waals surface area contributed by atoms with E-state index in [1.54, 1.807) is 18.2 Å². The summed E-state index contributed by atoms with van der Waals surface area (Å²) in [5.74, 6) is 1.05. The average Bonchev–Trinajstić information content (AvgIpc) is 2.30. The van der Waals surface area contributed by atoms with Crippen LogP contribution in [0.5, 0.6) is 11.5 Å². The standard InChI is InChI=1S/C13H11ClN2O/c14-10-7-4-8-11(12(10)13(15)16)17-9-5-2-1-3-6-9/h1-8H,(H3,15,16). The van der Waals surface area contributed by atoms with Gasteiger partial charge in [0.1, 0.15) is 17.3 Å². The van der Waals surface area contributed by atoms with Gasteiger partial charge in [-0.1, -0.05) is 35.9 Å². The maximum atomic E-state index is 7.50. The Kier molecular flexibility index (Phi) is 3.30. The van der Waals surface area contributed by atoms with Crippen molar-refractivity contribution >= 4 is 17.4 Å². The van der Waals surface area contributed by atoms with Crippen LogP contribution < -0.4 is 10.5 Å². The van der Waals surface area contributed by atoms with E-state index in [1.807, 2.05) is 30.3 Å². The lowest BCUT2D eigenvalue weighted by Crippen LogP contribution is -2.13. The highest BCUT2D eigenvalue weighted by Crippen LogP contribution is 2.29. The number of para-hydroxylation sites is 1. The van der Waals surface area contributed by atoms with E-state index in [0.29, 0.717) is 22.1 Å². The Morgan fingerprint density at radius 2 is 1.76 bits per heavy atom. The molecule has 0 fully saturated rings. The van der Waals surface area contributed by atoms with E-state index in [1.165, 1.54) is 0 Å². The van der Waals surface area contributed by atoms with Crippen LogP contribution in [0.1, 0.15) is 5.56 Å². The van der Waals surface area contributed by atoms with E-state index in [2.05, 4.69) is 0 Å². The van der Waals surface area contributed by atoms with Crippen LogP contribution in [0, 0.1) is 5.41 Å². The number of halogens is 1. The van der Waals surface area contributed by atoms with Gasteiger partial charge in [0.05, 0.1) is 10.6 Å². The van der Waals surface area contributed by atoms with Gasteiger partial charge in [0.25, 0.3) is 0 Å². The zero-order valence-electron chi connectivity index (χ0n) is 8.98. The Morgan fingerprint density at radius 3 is 2.41 bits per heavy atom. The molecular formula is C13H11ClN2O. The fraction of sp³-hybridized carbons (Fsp3) is 0. The molecule has 0 saturated heterocycles. The SMILES string of the molecule is N=C(N)c1c(Cl)cccc1Oc1ccccc1. The highest BCUT2D eigenvalue weighted by atomic mass is 35.5. The summed E-state index contributed by atoms with van der Waals surface area (Å²) in [7, 11) is 0. The molecule has 3 nitrogen and oxygen atoms in total. The van der Waals surface area contributed by atoms with Gasteiger partial charge in [-0.05, 0) is 24.3 Å². The Morgan fingerprint density at radius 1 is 1.06 bits per heavy atom. The molecule has 0 heterocycles. The van der Waals surface area contributed by atoms with Crippen molar-refractivity contribution in [1.82, 2.24) is 0 Å². The number of benzene rings is 2. The van der Waals surface area contributed by atoms with Gasteiger partial charge in [-0.2, -0.15) is 0 Å². The number of nitrogens with two attached hydrogens (primary N) is 1. The van der Waals surface area contributed by atoms with Gasteiger partial charge in [0.15, 0.2) is 0 Å². The summed E-state index contributed by atoms with van der Waals surface area (Å²) in [6.45, 7) is 0. The normalized spacial score (nSPS) is 9.94. The van der Waals surface area contributed by atoms with Crippen LogP contribution in [0.25, 0.3) is 0 Å². The third kappa shape index (κ3) is 2.57. The molecule has 0 amide bonds. The smallest absolute Gasteiger partial charge is 0.139 e. The number of ether oxygens (including phenoxy) is 1. The van der Waals surface area contributed by atoms with Gasteiger partial charge in [-0.15, -0.1) is 0 Å². The predicted molar refractivity (Wildman–Crippen MR) is 69.0 cm³/mol. The summed E-state index contributed by atoms with van der Waals surface area (Å²) in [4.78, 5) is 0. The minimum absolute atomic E-state index is 0.110. The van der Waals surface area contributed by atoms with Crippen LogP contribution in [-0.4, -0.2) is 5.84 Å². The quantitative estimate of drug-likeness (QED) is 0.644. The van der Waals surface area contributed by atoms with Crippen molar-refractivity contribution < 1.29 is 4.74 Å². The number of nitrogens with one attached hydrogen (secondary N) is 1. The molecule has 3 N–H and O–H groups in total. The Balaban J connectivity index is 2.40. The number of amidine groups is 1. The van der Waals surface area contributed by atoms with Crippen molar-refractivity contribution in [2.75, 3.05) is 0 Å². The molecule has 0 aliphatic rings. The molecule has 0 aliphatic heterocycles. The second-order valence-electron chi connectivity index (χ2n) is 3.44. The molecule has 86 valence electrons. The Bertz CT molecular complexity index is 540. The lowest BCUT2D eigenvalue weighted by Gasteiger charge is -2.11. The third-order valence-corrected chi connectivity index (χ3v) is 2.53. The fourth-order valence-corrected chi connectivity index (χ4v) is 1.73. The number of nitrogen functional groups attached to an aromatic ring is 1. The van der Waals surface area contributed by atoms with Crippen LogP contribution in [0.3, 0.4) is 0 Å². The molecule has 0 radical (unpaired) electrons. The molecule has 4 heteroatoms. The minimum Gasteiger partial charge on any atom is -0.457 e. The summed E-state index contributed by atoms with van der Waals surface area (Å²) in [6, 6.07) is 14.5. The van der Waals surface area contributed by atoms with Crippen LogP contribution in [-0.2, 0) is 0 Å². The van der Waals surface area contributed by atoms with E-state index in [9.17, 15) is 0 Å². The van der Waals surface area contributed by atoms with Gasteiger partial charge in [0, 0.05) is 0 Å². The third-order valence-electron chi connectivity index (χ3n) is 2.22. The van der Waals surface area contributed by atoms with Gasteiger partial charge in [-0.3, -0.25) is 5.41 Å². The summed E-state index contributed by atoms with van der Waals surface area (Å²) in [5, 5.41) is 7.90. The highest BCUT2D eigenvalue weighted by Gasteiger charge is 2.11. The maximum absolute atomic E-state index is 7.50. The second-order valence-corrected chi connectivity index (χ2v) is 3.85. The monoisotopic (exact) mass is 246 g/mol. The van der Waals surface area contributed by atoms with E-state index in [0.717, 1.165) is 0 Å². The van der Waals surface area contributed by atoms with Gasteiger partial charge < -0.3 is 10.5 Å². The molecular weight excluding hydrogens is 236 g/mol. The van der Waals surface area contributed by atoms with Gasteiger partial charge in [0.2, 0.25) is 0 Å². The first kappa shape index (κ1) is 11.5. The van der Waals surface area contributed by atoms with Crippen LogP contribution >= 0.6 is 11.6 Å². The summed E-state index contributed by atoms with van der Waals surface area (Å²) >= 11 is 5.99. The van der Waals surface area contributed by atoms with Crippen molar-refractivity contribution in [2.45, 2.75) is 0 Å². The molecule has 0 aliphatic carbocycles. The van der Waals surface area contributed by atoms with Crippen LogP contribution in [0.15, 0.2) is 48.5 Å². The Hall–Kier alpha value is -2.00. The zero-order chi connectivity index (χ0) is 12.3. The summed E-state index contributed by atoms with van der Waals surface area (Å²) in [6.07, 6.45) is 0. The average molecular weight is 247 g/mol. The number of hydrogen-bond acceptors (Lipinski definition) is 2. The van der Waals surface area contributed by atoms with Gasteiger partial charge >= 0.3 is 0 Å². The topological polar surface area (TPSA) is 59.1 Å². The van der Waals surface area contributed by atoms with E-state index in [4.69, 9.17) is 27.5 Å². The molecule has 0 aromatic heterocycles. The lowest BCUT2D eigenvalue weighted by atomic mass is 10.2. The highest BCUT2D eigenvalue weighted by molar-refractivity contribution is 6.34. The fourth-order valence-electron chi connectivity index (χ4n) is 1.47.